The molecule has 7 heteroatoms. The summed E-state index contributed by atoms with van der Waals surface area (Å²) in [5, 5.41) is 6.27. The quantitative estimate of drug-likeness (QED) is 0.317. The molecule has 0 aliphatic rings. The van der Waals surface area contributed by atoms with Crippen LogP contribution in [0.25, 0.3) is 28.2 Å². The smallest absolute Gasteiger partial charge is 0.128 e. The molecule has 0 aliphatic heterocycles. The van der Waals surface area contributed by atoms with E-state index >= 15 is 0 Å². The number of benzene rings is 3. The van der Waals surface area contributed by atoms with Crippen LogP contribution in [0.3, 0.4) is 0 Å². The lowest BCUT2D eigenvalue weighted by atomic mass is 10.1. The molecular formula is C23H17Cl3N2O2. The number of nitrogens with zero attached hydrogens (tertiary/aromatic N) is 2. The Balaban J connectivity index is 2.06. The topological polar surface area (TPSA) is 36.3 Å². The molecular weight excluding hydrogens is 443 g/mol. The summed E-state index contributed by atoms with van der Waals surface area (Å²) < 4.78 is 12.8. The van der Waals surface area contributed by atoms with Crippen molar-refractivity contribution in [2.24, 2.45) is 0 Å². The van der Waals surface area contributed by atoms with Crippen LogP contribution in [0.5, 0.6) is 11.5 Å². The second-order valence-electron chi connectivity index (χ2n) is 6.45. The van der Waals surface area contributed by atoms with E-state index in [-0.39, 0.29) is 0 Å². The maximum absolute atomic E-state index is 6.93. The first-order valence-electron chi connectivity index (χ1n) is 9.05. The lowest BCUT2D eigenvalue weighted by Crippen LogP contribution is -2.01. The van der Waals surface area contributed by atoms with Crippen molar-refractivity contribution < 1.29 is 9.47 Å². The van der Waals surface area contributed by atoms with Crippen molar-refractivity contribution in [3.05, 3.63) is 81.8 Å². The van der Waals surface area contributed by atoms with Crippen molar-refractivity contribution in [2.75, 3.05) is 14.2 Å². The first-order chi connectivity index (χ1) is 14.5. The van der Waals surface area contributed by atoms with E-state index in [1.165, 1.54) is 0 Å². The Bertz CT molecular complexity index is 1200. The molecule has 0 radical (unpaired) electrons. The van der Waals surface area contributed by atoms with Gasteiger partial charge in [-0.1, -0.05) is 59.1 Å². The van der Waals surface area contributed by atoms with Crippen molar-refractivity contribution in [2.45, 2.75) is 0 Å². The molecule has 4 aromatic rings. The van der Waals surface area contributed by atoms with Crippen LogP contribution in [0.1, 0.15) is 0 Å². The van der Waals surface area contributed by atoms with Gasteiger partial charge < -0.3 is 9.47 Å². The number of hydrogen-bond donors (Lipinski definition) is 0. The van der Waals surface area contributed by atoms with E-state index in [9.17, 15) is 0 Å². The molecule has 4 rings (SSSR count). The fourth-order valence-corrected chi connectivity index (χ4v) is 4.17. The number of hydrogen-bond acceptors (Lipinski definition) is 3. The van der Waals surface area contributed by atoms with Gasteiger partial charge in [0.15, 0.2) is 0 Å². The normalized spacial score (nSPS) is 10.8. The van der Waals surface area contributed by atoms with Gasteiger partial charge in [-0.05, 0) is 42.5 Å². The van der Waals surface area contributed by atoms with Crippen LogP contribution in [0.15, 0.2) is 66.7 Å². The summed E-state index contributed by atoms with van der Waals surface area (Å²) in [6.45, 7) is 0. The lowest BCUT2D eigenvalue weighted by Gasteiger charge is -2.12. The summed E-state index contributed by atoms with van der Waals surface area (Å²) in [4.78, 5) is 0. The Morgan fingerprint density at radius 1 is 0.733 bits per heavy atom. The Morgan fingerprint density at radius 2 is 1.27 bits per heavy atom. The Kier molecular flexibility index (Phi) is 5.91. The number of rotatable bonds is 5. The largest absolute Gasteiger partial charge is 0.496 e. The van der Waals surface area contributed by atoms with Crippen molar-refractivity contribution in [1.29, 1.82) is 0 Å². The molecule has 0 aliphatic carbocycles. The van der Waals surface area contributed by atoms with E-state index in [1.54, 1.807) is 37.1 Å². The molecule has 0 spiro atoms. The van der Waals surface area contributed by atoms with E-state index in [4.69, 9.17) is 49.4 Å². The highest BCUT2D eigenvalue weighted by Gasteiger charge is 2.24. The van der Waals surface area contributed by atoms with E-state index in [0.717, 1.165) is 11.1 Å². The summed E-state index contributed by atoms with van der Waals surface area (Å²) in [6.07, 6.45) is 0. The van der Waals surface area contributed by atoms with Gasteiger partial charge in [-0.15, -0.1) is 0 Å². The molecule has 152 valence electrons. The second kappa shape index (κ2) is 8.60. The van der Waals surface area contributed by atoms with Gasteiger partial charge in [-0.3, -0.25) is 0 Å². The molecule has 4 nitrogen and oxygen atoms in total. The van der Waals surface area contributed by atoms with Gasteiger partial charge in [-0.25, -0.2) is 4.68 Å². The van der Waals surface area contributed by atoms with Gasteiger partial charge in [0.2, 0.25) is 0 Å². The molecule has 0 N–H and O–H groups in total. The fourth-order valence-electron chi connectivity index (χ4n) is 3.33. The maximum atomic E-state index is 6.93. The third-order valence-corrected chi connectivity index (χ3v) is 5.44. The Morgan fingerprint density at radius 3 is 1.87 bits per heavy atom. The monoisotopic (exact) mass is 458 g/mol. The minimum atomic E-state index is 0.458. The van der Waals surface area contributed by atoms with E-state index in [1.807, 2.05) is 48.5 Å². The fraction of sp³-hybridized carbons (Fsp3) is 0.0870. The molecule has 1 heterocycles. The van der Waals surface area contributed by atoms with Gasteiger partial charge in [-0.2, -0.15) is 5.10 Å². The standard InChI is InChI=1S/C23H17Cl3N2O2/c1-29-19-9-5-3-7-17(19)22-21(26)23(18-8-4-6-10-20(18)30-2)28(27-22)16-12-14(24)11-15(25)13-16/h3-13H,1-2H3. The predicted octanol–water partition coefficient (Wildman–Crippen LogP) is 7.18. The minimum Gasteiger partial charge on any atom is -0.496 e. The van der Waals surface area contributed by atoms with Crippen LogP contribution in [-0.4, -0.2) is 24.0 Å². The molecule has 0 bridgehead atoms. The van der Waals surface area contributed by atoms with Crippen molar-refractivity contribution in [3.8, 4) is 39.7 Å². The highest BCUT2D eigenvalue weighted by Crippen LogP contribution is 2.43. The van der Waals surface area contributed by atoms with Gasteiger partial charge in [0.1, 0.15) is 17.2 Å². The minimum absolute atomic E-state index is 0.458. The summed E-state index contributed by atoms with van der Waals surface area (Å²) in [7, 11) is 3.23. The average molecular weight is 460 g/mol. The van der Waals surface area contributed by atoms with Crippen LogP contribution in [0, 0.1) is 0 Å². The van der Waals surface area contributed by atoms with Crippen LogP contribution < -0.4 is 9.47 Å². The highest BCUT2D eigenvalue weighted by molar-refractivity contribution is 6.36. The third-order valence-electron chi connectivity index (χ3n) is 4.64. The molecule has 0 saturated carbocycles. The molecule has 3 aromatic carbocycles. The third kappa shape index (κ3) is 3.74. The van der Waals surface area contributed by atoms with Gasteiger partial charge in [0, 0.05) is 21.2 Å². The van der Waals surface area contributed by atoms with Gasteiger partial charge in [0.25, 0.3) is 0 Å². The zero-order valence-corrected chi connectivity index (χ0v) is 18.5. The van der Waals surface area contributed by atoms with E-state index in [0.29, 0.717) is 43.6 Å². The average Bonchev–Trinajstić information content (AvgIpc) is 3.09. The summed E-state index contributed by atoms with van der Waals surface area (Å²) in [5.41, 5.74) is 3.47. The number of ether oxygens (including phenoxy) is 2. The first-order valence-corrected chi connectivity index (χ1v) is 10.2. The molecule has 30 heavy (non-hydrogen) atoms. The number of para-hydroxylation sites is 2. The number of aromatic nitrogens is 2. The first kappa shape index (κ1) is 20.6. The van der Waals surface area contributed by atoms with Crippen LogP contribution in [0.4, 0.5) is 0 Å². The maximum Gasteiger partial charge on any atom is 0.128 e. The summed E-state index contributed by atoms with van der Waals surface area (Å²) >= 11 is 19.5. The van der Waals surface area contributed by atoms with Crippen LogP contribution in [-0.2, 0) is 0 Å². The number of methoxy groups -OCH3 is 2. The van der Waals surface area contributed by atoms with Crippen molar-refractivity contribution in [1.82, 2.24) is 9.78 Å². The van der Waals surface area contributed by atoms with E-state index in [2.05, 4.69) is 0 Å². The van der Waals surface area contributed by atoms with Crippen molar-refractivity contribution in [3.63, 3.8) is 0 Å². The molecule has 0 atom stereocenters. The molecule has 0 amide bonds. The van der Waals surface area contributed by atoms with E-state index < -0.39 is 0 Å². The van der Waals surface area contributed by atoms with Gasteiger partial charge >= 0.3 is 0 Å². The zero-order chi connectivity index (χ0) is 21.3. The Hall–Kier alpha value is -2.66. The SMILES string of the molecule is COc1ccccc1-c1nn(-c2cc(Cl)cc(Cl)c2)c(-c2ccccc2OC)c1Cl. The molecule has 0 saturated heterocycles. The molecule has 1 aromatic heterocycles. The summed E-state index contributed by atoms with van der Waals surface area (Å²) in [6, 6.07) is 20.4. The molecule has 0 unspecified atom stereocenters. The van der Waals surface area contributed by atoms with Gasteiger partial charge in [0.05, 0.1) is 30.6 Å². The van der Waals surface area contributed by atoms with Crippen molar-refractivity contribution >= 4 is 34.8 Å². The number of halogens is 3. The molecule has 0 fully saturated rings. The summed E-state index contributed by atoms with van der Waals surface area (Å²) in [5.74, 6) is 1.33. The second-order valence-corrected chi connectivity index (χ2v) is 7.70. The van der Waals surface area contributed by atoms with Crippen LogP contribution >= 0.6 is 34.8 Å². The lowest BCUT2D eigenvalue weighted by molar-refractivity contribution is 0.416. The predicted molar refractivity (Wildman–Crippen MR) is 123 cm³/mol. The zero-order valence-electron chi connectivity index (χ0n) is 16.2. The van der Waals surface area contributed by atoms with Crippen LogP contribution in [0.2, 0.25) is 15.1 Å². The highest BCUT2D eigenvalue weighted by atomic mass is 35.5. The Labute approximate surface area is 189 Å².